The summed E-state index contributed by atoms with van der Waals surface area (Å²) in [6.07, 6.45) is 9.34. The van der Waals surface area contributed by atoms with Crippen LogP contribution in [-0.4, -0.2) is 36.4 Å². The van der Waals surface area contributed by atoms with Crippen molar-refractivity contribution in [2.24, 2.45) is 51.3 Å². The summed E-state index contributed by atoms with van der Waals surface area (Å²) in [6, 6.07) is 0. The lowest BCUT2D eigenvalue weighted by molar-refractivity contribution is -0.143. The lowest BCUT2D eigenvalue weighted by Gasteiger charge is -2.62. The molecule has 0 aromatic carbocycles. The van der Waals surface area contributed by atoms with E-state index >= 15 is 0 Å². The van der Waals surface area contributed by atoms with Crippen LogP contribution < -0.4 is 5.73 Å². The molecule has 29 heavy (non-hydrogen) atoms. The number of hydrogen-bond acceptors (Lipinski definition) is 5. The Morgan fingerprint density at radius 1 is 1.17 bits per heavy atom. The molecule has 6 heteroatoms. The molecule has 7 atom stereocenters. The fourth-order valence-electron chi connectivity index (χ4n) is 7.83. The minimum absolute atomic E-state index is 0. The summed E-state index contributed by atoms with van der Waals surface area (Å²) in [7, 11) is 0. The molecule has 0 amide bonds. The second kappa shape index (κ2) is 8.84. The van der Waals surface area contributed by atoms with Crippen LogP contribution in [0.2, 0.25) is 0 Å². The number of hydrogen-bond donors (Lipinski definition) is 2. The Morgan fingerprint density at radius 3 is 2.69 bits per heavy atom. The van der Waals surface area contributed by atoms with Crippen molar-refractivity contribution < 1.29 is 14.7 Å². The van der Waals surface area contributed by atoms with Crippen molar-refractivity contribution in [3.63, 3.8) is 0 Å². The van der Waals surface area contributed by atoms with Crippen molar-refractivity contribution in [1.82, 2.24) is 0 Å². The maximum Gasteiger partial charge on any atom is 0.139 e. The highest BCUT2D eigenvalue weighted by Crippen LogP contribution is 2.66. The molecule has 4 aliphatic rings. The van der Waals surface area contributed by atoms with Crippen molar-refractivity contribution in [2.45, 2.75) is 71.6 Å². The Balaban J connectivity index is 0.00000240. The SMILES string of the molecule is C[C@]12CCC(=NOCCN)CC1C(CCO)C[C@@H]1[C@H]2CC[C@]2(C)C(=O)CC[C@@H]12.Cl. The van der Waals surface area contributed by atoms with E-state index in [1.54, 1.807) is 0 Å². The molecule has 0 radical (unpaired) electrons. The van der Waals surface area contributed by atoms with Gasteiger partial charge in [-0.15, -0.1) is 12.4 Å². The Kier molecular flexibility index (Phi) is 7.02. The molecular formula is C23H39ClN2O3. The quantitative estimate of drug-likeness (QED) is 0.514. The maximum atomic E-state index is 12.7. The average molecular weight is 427 g/mol. The van der Waals surface area contributed by atoms with Crippen LogP contribution in [0.4, 0.5) is 0 Å². The first kappa shape index (κ1) is 23.0. The predicted molar refractivity (Wildman–Crippen MR) is 117 cm³/mol. The maximum absolute atomic E-state index is 12.7. The first-order valence-electron chi connectivity index (χ1n) is 11.5. The summed E-state index contributed by atoms with van der Waals surface area (Å²) in [5.74, 6) is 3.52. The van der Waals surface area contributed by atoms with Crippen LogP contribution in [0.15, 0.2) is 5.16 Å². The van der Waals surface area contributed by atoms with E-state index in [1.807, 2.05) is 0 Å². The Labute approximate surface area is 181 Å². The van der Waals surface area contributed by atoms with Gasteiger partial charge in [-0.3, -0.25) is 4.79 Å². The zero-order chi connectivity index (χ0) is 19.9. The molecule has 4 rings (SSSR count). The molecule has 4 fully saturated rings. The third-order valence-corrected chi connectivity index (χ3v) is 9.29. The van der Waals surface area contributed by atoms with Crippen molar-refractivity contribution in [3.05, 3.63) is 0 Å². The van der Waals surface area contributed by atoms with E-state index in [0.29, 0.717) is 53.9 Å². The summed E-state index contributed by atoms with van der Waals surface area (Å²) in [6.45, 7) is 5.98. The molecule has 5 nitrogen and oxygen atoms in total. The largest absolute Gasteiger partial charge is 0.396 e. The molecule has 0 aromatic heterocycles. The number of Topliss-reactive ketones (excluding diaryl/α,β-unsaturated/α-hetero) is 1. The summed E-state index contributed by atoms with van der Waals surface area (Å²) in [4.78, 5) is 18.1. The van der Waals surface area contributed by atoms with E-state index in [1.165, 1.54) is 18.6 Å². The first-order valence-corrected chi connectivity index (χ1v) is 11.5. The zero-order valence-corrected chi connectivity index (χ0v) is 18.9. The highest BCUT2D eigenvalue weighted by Gasteiger charge is 2.61. The number of nitrogens with two attached hydrogens (primary N) is 1. The number of nitrogens with zero attached hydrogens (tertiary/aromatic N) is 1. The van der Waals surface area contributed by atoms with E-state index in [9.17, 15) is 9.90 Å². The van der Waals surface area contributed by atoms with Crippen LogP contribution in [0.1, 0.15) is 71.6 Å². The van der Waals surface area contributed by atoms with Gasteiger partial charge in [0.2, 0.25) is 0 Å². The Hall–Kier alpha value is -0.650. The van der Waals surface area contributed by atoms with E-state index in [4.69, 9.17) is 10.6 Å². The number of rotatable bonds is 5. The van der Waals surface area contributed by atoms with Crippen LogP contribution in [0, 0.1) is 40.4 Å². The molecule has 4 aliphatic carbocycles. The third-order valence-electron chi connectivity index (χ3n) is 9.29. The molecular weight excluding hydrogens is 388 g/mol. The molecule has 4 saturated carbocycles. The zero-order valence-electron chi connectivity index (χ0n) is 18.1. The minimum Gasteiger partial charge on any atom is -0.396 e. The highest BCUT2D eigenvalue weighted by atomic mass is 35.5. The molecule has 0 bridgehead atoms. The van der Waals surface area contributed by atoms with Crippen LogP contribution >= 0.6 is 12.4 Å². The van der Waals surface area contributed by atoms with E-state index in [2.05, 4.69) is 19.0 Å². The van der Waals surface area contributed by atoms with Crippen molar-refractivity contribution in [3.8, 4) is 0 Å². The van der Waals surface area contributed by atoms with Gasteiger partial charge in [0.15, 0.2) is 0 Å². The molecule has 0 aliphatic heterocycles. The standard InChI is InChI=1S/C23H38N2O3.ClH/c1-22-8-5-16(25-28-12-10-24)14-20(22)15(7-11-26)13-17-18-3-4-21(27)23(18,2)9-6-19(17)22;/h15,17-20,26H,3-14,24H2,1-2H3;1H/t15?,17-,18-,19+,20?,22+,23-;/m0./s1. The second-order valence-corrected chi connectivity index (χ2v) is 10.4. The van der Waals surface area contributed by atoms with Crippen LogP contribution in [0.5, 0.6) is 0 Å². The summed E-state index contributed by atoms with van der Waals surface area (Å²) in [5, 5.41) is 14.2. The van der Waals surface area contributed by atoms with Gasteiger partial charge < -0.3 is 15.7 Å². The molecule has 0 heterocycles. The van der Waals surface area contributed by atoms with Gasteiger partial charge in [-0.05, 0) is 86.4 Å². The second-order valence-electron chi connectivity index (χ2n) is 10.4. The highest BCUT2D eigenvalue weighted by molar-refractivity contribution is 5.87. The fraction of sp³-hybridized carbons (Fsp3) is 0.913. The number of halogens is 1. The monoisotopic (exact) mass is 426 g/mol. The van der Waals surface area contributed by atoms with Gasteiger partial charge in [0, 0.05) is 25.0 Å². The van der Waals surface area contributed by atoms with Crippen molar-refractivity contribution in [1.29, 1.82) is 0 Å². The molecule has 166 valence electrons. The van der Waals surface area contributed by atoms with Crippen LogP contribution in [0.3, 0.4) is 0 Å². The number of aliphatic hydroxyl groups is 1. The summed E-state index contributed by atoms with van der Waals surface area (Å²) >= 11 is 0. The van der Waals surface area contributed by atoms with Gasteiger partial charge in [0.25, 0.3) is 0 Å². The number of carbonyl (C=O) groups excluding carboxylic acids is 1. The molecule has 2 unspecified atom stereocenters. The van der Waals surface area contributed by atoms with E-state index in [-0.39, 0.29) is 24.4 Å². The van der Waals surface area contributed by atoms with Gasteiger partial charge in [0.1, 0.15) is 12.4 Å². The van der Waals surface area contributed by atoms with Gasteiger partial charge >= 0.3 is 0 Å². The van der Waals surface area contributed by atoms with Gasteiger partial charge in [0.05, 0.1) is 5.71 Å². The van der Waals surface area contributed by atoms with Gasteiger partial charge in [-0.25, -0.2) is 0 Å². The van der Waals surface area contributed by atoms with E-state index in [0.717, 1.165) is 44.9 Å². The number of fused-ring (bicyclic) bond motifs is 5. The lowest BCUT2D eigenvalue weighted by atomic mass is 9.43. The lowest BCUT2D eigenvalue weighted by Crippen LogP contribution is -2.56. The van der Waals surface area contributed by atoms with Crippen molar-refractivity contribution >= 4 is 23.9 Å². The smallest absolute Gasteiger partial charge is 0.139 e. The number of aliphatic hydroxyl groups excluding tert-OH is 1. The average Bonchev–Trinajstić information content (AvgIpc) is 2.98. The van der Waals surface area contributed by atoms with Crippen LogP contribution in [-0.2, 0) is 9.63 Å². The van der Waals surface area contributed by atoms with Gasteiger partial charge in [-0.1, -0.05) is 19.0 Å². The van der Waals surface area contributed by atoms with E-state index < -0.39 is 0 Å². The molecule has 0 saturated heterocycles. The number of ketones is 1. The van der Waals surface area contributed by atoms with Crippen LogP contribution in [0.25, 0.3) is 0 Å². The molecule has 0 spiro atoms. The van der Waals surface area contributed by atoms with Gasteiger partial charge in [-0.2, -0.15) is 0 Å². The number of carbonyl (C=O) groups is 1. The summed E-state index contributed by atoms with van der Waals surface area (Å²) < 4.78 is 0. The first-order chi connectivity index (χ1) is 13.4. The van der Waals surface area contributed by atoms with Crippen molar-refractivity contribution in [2.75, 3.05) is 19.8 Å². The fourth-order valence-corrected chi connectivity index (χ4v) is 7.83. The topological polar surface area (TPSA) is 84.9 Å². The normalized spacial score (nSPS) is 45.2. The number of oxime groups is 1. The Morgan fingerprint density at radius 2 is 1.97 bits per heavy atom. The molecule has 3 N–H and O–H groups in total. The third kappa shape index (κ3) is 3.76. The minimum atomic E-state index is -0.0779. The Bertz CT molecular complexity index is 642. The predicted octanol–water partition coefficient (Wildman–Crippen LogP) is 3.96. The molecule has 0 aromatic rings. The summed E-state index contributed by atoms with van der Waals surface area (Å²) in [5.41, 5.74) is 6.91.